The number of hydrogen-bond donors (Lipinski definition) is 3. The van der Waals surface area contributed by atoms with Crippen molar-refractivity contribution in [3.63, 3.8) is 0 Å². The fourth-order valence-corrected chi connectivity index (χ4v) is 0.878. The quantitative estimate of drug-likeness (QED) is 0.287. The van der Waals surface area contributed by atoms with Crippen LogP contribution >= 0.6 is 0 Å². The van der Waals surface area contributed by atoms with Crippen LogP contribution in [0.1, 0.15) is 5.56 Å². The molecular weight excluding hydrogens is 188 g/mol. The number of phenolic OH excluding ortho intramolecular Hbond substituents is 1. The molecule has 0 aliphatic carbocycles. The first-order valence-electron chi connectivity index (χ1n) is 3.69. The van der Waals surface area contributed by atoms with E-state index in [4.69, 9.17) is 15.5 Å². The predicted molar refractivity (Wildman–Crippen MR) is 47.4 cm³/mol. The van der Waals surface area contributed by atoms with Gasteiger partial charge in [-0.3, -0.25) is 4.89 Å². The summed E-state index contributed by atoms with van der Waals surface area (Å²) in [5, 5.41) is 26.0. The van der Waals surface area contributed by atoms with Crippen molar-refractivity contribution in [2.45, 2.75) is 0 Å². The molecule has 3 N–H and O–H groups in total. The molecule has 0 aromatic heterocycles. The molecule has 1 aromatic carbocycles. The molecule has 0 aliphatic rings. The van der Waals surface area contributed by atoms with E-state index < -0.39 is 11.7 Å². The van der Waals surface area contributed by atoms with Crippen LogP contribution in [0.3, 0.4) is 0 Å². The summed E-state index contributed by atoms with van der Waals surface area (Å²) in [7, 11) is 0. The number of carbonyl (C=O) groups is 1. The maximum absolute atomic E-state index is 10.5. The lowest BCUT2D eigenvalue weighted by atomic mass is 10.2. The summed E-state index contributed by atoms with van der Waals surface area (Å²) in [5.74, 6) is -2.00. The van der Waals surface area contributed by atoms with Crippen LogP contribution in [-0.2, 0) is 9.68 Å². The van der Waals surface area contributed by atoms with Crippen LogP contribution in [0, 0.1) is 0 Å². The van der Waals surface area contributed by atoms with E-state index >= 15 is 0 Å². The van der Waals surface area contributed by atoms with Crippen LogP contribution in [0.15, 0.2) is 30.0 Å². The zero-order chi connectivity index (χ0) is 10.6. The molecule has 0 atom stereocenters. The van der Waals surface area contributed by atoms with E-state index in [1.165, 1.54) is 12.1 Å². The van der Waals surface area contributed by atoms with Crippen LogP contribution in [0.4, 0.5) is 0 Å². The predicted octanol–water partition coefficient (Wildman–Crippen LogP) is 1.31. The Morgan fingerprint density at radius 2 is 2.14 bits per heavy atom. The van der Waals surface area contributed by atoms with Gasteiger partial charge in [0.15, 0.2) is 0 Å². The molecule has 0 unspecified atom stereocenters. The Labute approximate surface area is 79.4 Å². The van der Waals surface area contributed by atoms with Gasteiger partial charge in [-0.2, -0.15) is 5.26 Å². The zero-order valence-electron chi connectivity index (χ0n) is 7.04. The maximum Gasteiger partial charge on any atom is 0.406 e. The molecule has 1 rings (SSSR count). The zero-order valence-corrected chi connectivity index (χ0v) is 7.04. The van der Waals surface area contributed by atoms with Gasteiger partial charge in [0.05, 0.1) is 0 Å². The molecule has 74 valence electrons. The molecule has 14 heavy (non-hydrogen) atoms. The maximum atomic E-state index is 10.5. The topological polar surface area (TPSA) is 87.0 Å². The van der Waals surface area contributed by atoms with Gasteiger partial charge in [-0.15, -0.1) is 0 Å². The smallest absolute Gasteiger partial charge is 0.406 e. The van der Waals surface area contributed by atoms with Crippen LogP contribution in [0.25, 0.3) is 6.08 Å². The molecule has 0 heterocycles. The third-order valence-corrected chi connectivity index (χ3v) is 1.47. The van der Waals surface area contributed by atoms with E-state index in [0.717, 1.165) is 6.08 Å². The lowest BCUT2D eigenvalue weighted by Gasteiger charge is -1.97. The lowest BCUT2D eigenvalue weighted by molar-refractivity contribution is -0.231. The third kappa shape index (κ3) is 2.49. The van der Waals surface area contributed by atoms with Gasteiger partial charge in [-0.25, -0.2) is 4.79 Å². The van der Waals surface area contributed by atoms with Gasteiger partial charge in [0.1, 0.15) is 5.75 Å². The van der Waals surface area contributed by atoms with E-state index in [-0.39, 0.29) is 5.75 Å². The fourth-order valence-electron chi connectivity index (χ4n) is 0.878. The van der Waals surface area contributed by atoms with Gasteiger partial charge in [0.25, 0.3) is 0 Å². The Morgan fingerprint density at radius 1 is 1.43 bits per heavy atom. The number of hydrogen-bond acceptors (Lipinski definition) is 5. The summed E-state index contributed by atoms with van der Waals surface area (Å²) in [4.78, 5) is 13.8. The molecule has 0 saturated carbocycles. The molecular formula is C9H8O5. The highest BCUT2D eigenvalue weighted by molar-refractivity contribution is 5.90. The van der Waals surface area contributed by atoms with Crippen LogP contribution in [0.5, 0.6) is 5.75 Å². The highest BCUT2D eigenvalue weighted by Gasteiger charge is 2.08. The molecule has 0 fully saturated rings. The molecule has 0 saturated heterocycles. The largest absolute Gasteiger partial charge is 0.508 e. The summed E-state index contributed by atoms with van der Waals surface area (Å²) in [6, 6.07) is 5.87. The molecule has 5 heteroatoms. The van der Waals surface area contributed by atoms with Crippen molar-refractivity contribution in [3.8, 4) is 5.75 Å². The number of rotatable bonds is 2. The summed E-state index contributed by atoms with van der Waals surface area (Å²) in [5.41, 5.74) is 0.410. The van der Waals surface area contributed by atoms with Gasteiger partial charge in [0.2, 0.25) is 5.76 Å². The first-order valence-corrected chi connectivity index (χ1v) is 3.69. The Hall–Kier alpha value is -2.01. The highest BCUT2D eigenvalue weighted by Crippen LogP contribution is 2.13. The van der Waals surface area contributed by atoms with Gasteiger partial charge >= 0.3 is 5.97 Å². The van der Waals surface area contributed by atoms with Crippen molar-refractivity contribution in [1.29, 1.82) is 0 Å². The second-order valence-corrected chi connectivity index (χ2v) is 2.50. The number of aliphatic hydroxyl groups is 1. The van der Waals surface area contributed by atoms with E-state index in [9.17, 15) is 4.79 Å². The second kappa shape index (κ2) is 4.29. The summed E-state index contributed by atoms with van der Waals surface area (Å²) in [6.45, 7) is 0. The molecule has 5 nitrogen and oxygen atoms in total. The van der Waals surface area contributed by atoms with E-state index in [1.54, 1.807) is 12.1 Å². The van der Waals surface area contributed by atoms with Gasteiger partial charge < -0.3 is 10.2 Å². The Kier molecular flexibility index (Phi) is 3.09. The standard InChI is InChI=1S/C9H8O5/c10-7-3-1-2-6(4-7)5-8(11)9(12)14-13/h1-5,10-11,13H. The van der Waals surface area contributed by atoms with Crippen LogP contribution in [0.2, 0.25) is 0 Å². The van der Waals surface area contributed by atoms with Crippen molar-refractivity contribution in [2.75, 3.05) is 0 Å². The van der Waals surface area contributed by atoms with Crippen molar-refractivity contribution >= 4 is 12.0 Å². The minimum Gasteiger partial charge on any atom is -0.508 e. The molecule has 0 amide bonds. The minimum atomic E-state index is -1.26. The number of benzene rings is 1. The average Bonchev–Trinajstić information content (AvgIpc) is 2.16. The van der Waals surface area contributed by atoms with E-state index in [2.05, 4.69) is 4.89 Å². The first kappa shape index (κ1) is 10.1. The molecule has 1 aromatic rings. The normalized spacial score (nSPS) is 11.1. The van der Waals surface area contributed by atoms with Crippen LogP contribution in [-0.4, -0.2) is 21.4 Å². The SMILES string of the molecule is O=C(OO)C(O)=Cc1cccc(O)c1. The molecule has 0 aliphatic heterocycles. The monoisotopic (exact) mass is 196 g/mol. The second-order valence-electron chi connectivity index (χ2n) is 2.50. The van der Waals surface area contributed by atoms with Crippen molar-refractivity contribution < 1.29 is 25.2 Å². The first-order chi connectivity index (χ1) is 6.63. The van der Waals surface area contributed by atoms with E-state index in [0.29, 0.717) is 5.56 Å². The van der Waals surface area contributed by atoms with Gasteiger partial charge in [-0.05, 0) is 23.8 Å². The fraction of sp³-hybridized carbons (Fsp3) is 0. The Bertz CT molecular complexity index is 369. The van der Waals surface area contributed by atoms with Gasteiger partial charge in [0, 0.05) is 0 Å². The summed E-state index contributed by atoms with van der Waals surface area (Å²) >= 11 is 0. The van der Waals surface area contributed by atoms with Crippen molar-refractivity contribution in [1.82, 2.24) is 0 Å². The Morgan fingerprint density at radius 3 is 2.71 bits per heavy atom. The minimum absolute atomic E-state index is 0.00363. The molecule has 0 radical (unpaired) electrons. The highest BCUT2D eigenvalue weighted by atomic mass is 17.1. The summed E-state index contributed by atoms with van der Waals surface area (Å²) in [6.07, 6.45) is 1.05. The number of phenols is 1. The van der Waals surface area contributed by atoms with Crippen LogP contribution < -0.4 is 0 Å². The third-order valence-electron chi connectivity index (χ3n) is 1.47. The number of carbonyl (C=O) groups excluding carboxylic acids is 1. The van der Waals surface area contributed by atoms with Crippen molar-refractivity contribution in [2.24, 2.45) is 0 Å². The number of aliphatic hydroxyl groups excluding tert-OH is 1. The van der Waals surface area contributed by atoms with Crippen molar-refractivity contribution in [3.05, 3.63) is 35.6 Å². The molecule has 0 bridgehead atoms. The number of aromatic hydroxyl groups is 1. The molecule has 0 spiro atoms. The Balaban J connectivity index is 2.91. The average molecular weight is 196 g/mol. The lowest BCUT2D eigenvalue weighted by Crippen LogP contribution is -2.03. The van der Waals surface area contributed by atoms with Gasteiger partial charge in [-0.1, -0.05) is 12.1 Å². The van der Waals surface area contributed by atoms with E-state index in [1.807, 2.05) is 0 Å². The summed E-state index contributed by atoms with van der Waals surface area (Å²) < 4.78 is 0.